The number of hydrogen-bond acceptors (Lipinski definition) is 3. The zero-order chi connectivity index (χ0) is 8.97. The summed E-state index contributed by atoms with van der Waals surface area (Å²) >= 11 is 0. The molecule has 1 rings (SSSR count). The minimum atomic E-state index is -0.0657. The van der Waals surface area contributed by atoms with Crippen LogP contribution in [-0.4, -0.2) is 23.8 Å². The molecule has 1 N–H and O–H groups in total. The second kappa shape index (κ2) is 4.45. The van der Waals surface area contributed by atoms with Gasteiger partial charge < -0.3 is 9.84 Å². The van der Waals surface area contributed by atoms with Crippen LogP contribution in [0.15, 0.2) is 0 Å². The molecule has 1 aliphatic rings. The Bertz CT molecular complexity index is 156. The maximum atomic E-state index is 10.9. The van der Waals surface area contributed by atoms with Crippen LogP contribution in [-0.2, 0) is 9.53 Å². The lowest BCUT2D eigenvalue weighted by Crippen LogP contribution is -2.06. The van der Waals surface area contributed by atoms with Gasteiger partial charge in [-0.1, -0.05) is 6.92 Å². The third kappa shape index (κ3) is 2.48. The van der Waals surface area contributed by atoms with Crippen molar-refractivity contribution in [1.82, 2.24) is 0 Å². The van der Waals surface area contributed by atoms with Crippen LogP contribution in [0.4, 0.5) is 0 Å². The highest BCUT2D eigenvalue weighted by molar-refractivity contribution is 5.74. The Morgan fingerprint density at radius 1 is 1.58 bits per heavy atom. The van der Waals surface area contributed by atoms with Gasteiger partial charge in [0.2, 0.25) is 0 Å². The van der Waals surface area contributed by atoms with Crippen molar-refractivity contribution >= 4 is 5.97 Å². The lowest BCUT2D eigenvalue weighted by molar-refractivity contribution is -0.144. The predicted octanol–water partition coefficient (Wildman–Crippen LogP) is 1.10. The molecule has 3 heteroatoms. The predicted molar refractivity (Wildman–Crippen MR) is 44.6 cm³/mol. The Kier molecular flexibility index (Phi) is 3.53. The van der Waals surface area contributed by atoms with Crippen molar-refractivity contribution in [2.45, 2.75) is 38.7 Å². The summed E-state index contributed by atoms with van der Waals surface area (Å²) in [5.74, 6) is 0.00752. The maximum Gasteiger partial charge on any atom is 0.309 e. The molecular formula is C9H16O3. The molecule has 0 radical (unpaired) electrons. The van der Waals surface area contributed by atoms with E-state index in [4.69, 9.17) is 9.84 Å². The van der Waals surface area contributed by atoms with Gasteiger partial charge in [0.05, 0.1) is 5.92 Å². The van der Waals surface area contributed by atoms with Crippen LogP contribution in [0, 0.1) is 5.92 Å². The normalized spacial score (nSPS) is 29.0. The summed E-state index contributed by atoms with van der Waals surface area (Å²) in [5.41, 5.74) is 0. The summed E-state index contributed by atoms with van der Waals surface area (Å²) < 4.78 is 5.10. The molecule has 0 unspecified atom stereocenters. The van der Waals surface area contributed by atoms with E-state index in [1.807, 2.05) is 6.92 Å². The average Bonchev–Trinajstić information content (AvgIpc) is 2.32. The molecule has 0 aromatic heterocycles. The second-order valence-electron chi connectivity index (χ2n) is 3.42. The van der Waals surface area contributed by atoms with Gasteiger partial charge in [0.15, 0.2) is 0 Å². The highest BCUT2D eigenvalue weighted by atomic mass is 16.5. The number of carbonyl (C=O) groups is 1. The van der Waals surface area contributed by atoms with Gasteiger partial charge in [0, 0.05) is 6.61 Å². The van der Waals surface area contributed by atoms with Crippen molar-refractivity contribution in [2.24, 2.45) is 5.92 Å². The number of hydrogen-bond donors (Lipinski definition) is 1. The fraction of sp³-hybridized carbons (Fsp3) is 0.889. The number of cyclic esters (lactones) is 1. The zero-order valence-electron chi connectivity index (χ0n) is 7.45. The highest BCUT2D eigenvalue weighted by Gasteiger charge is 2.29. The monoisotopic (exact) mass is 172 g/mol. The van der Waals surface area contributed by atoms with Gasteiger partial charge >= 0.3 is 5.97 Å². The molecular weight excluding hydrogens is 156 g/mol. The van der Waals surface area contributed by atoms with Gasteiger partial charge in [-0.2, -0.15) is 0 Å². The molecule has 1 heterocycles. The Morgan fingerprint density at radius 2 is 2.33 bits per heavy atom. The van der Waals surface area contributed by atoms with Gasteiger partial charge in [-0.25, -0.2) is 0 Å². The smallest absolute Gasteiger partial charge is 0.309 e. The Balaban J connectivity index is 2.14. The summed E-state index contributed by atoms with van der Waals surface area (Å²) in [7, 11) is 0. The molecule has 1 saturated heterocycles. The van der Waals surface area contributed by atoms with Gasteiger partial charge in [0.1, 0.15) is 6.10 Å². The van der Waals surface area contributed by atoms with Crippen molar-refractivity contribution in [1.29, 1.82) is 0 Å². The molecule has 12 heavy (non-hydrogen) atoms. The summed E-state index contributed by atoms with van der Waals surface area (Å²) in [4.78, 5) is 10.9. The molecule has 1 aliphatic heterocycles. The van der Waals surface area contributed by atoms with E-state index in [9.17, 15) is 4.79 Å². The lowest BCUT2D eigenvalue weighted by atomic mass is 10.0. The summed E-state index contributed by atoms with van der Waals surface area (Å²) in [6.07, 6.45) is 3.61. The topological polar surface area (TPSA) is 46.5 Å². The first kappa shape index (κ1) is 9.52. The number of ether oxygens (including phenoxy) is 1. The van der Waals surface area contributed by atoms with Crippen LogP contribution in [0.25, 0.3) is 0 Å². The first-order valence-corrected chi connectivity index (χ1v) is 4.55. The zero-order valence-corrected chi connectivity index (χ0v) is 7.45. The van der Waals surface area contributed by atoms with E-state index in [1.165, 1.54) is 0 Å². The van der Waals surface area contributed by atoms with Crippen LogP contribution < -0.4 is 0 Å². The van der Waals surface area contributed by atoms with E-state index in [-0.39, 0.29) is 24.6 Å². The molecule has 1 fully saturated rings. The minimum Gasteiger partial charge on any atom is -0.462 e. The lowest BCUT2D eigenvalue weighted by Gasteiger charge is -2.06. The number of rotatable bonds is 4. The fourth-order valence-electron chi connectivity index (χ4n) is 1.48. The van der Waals surface area contributed by atoms with E-state index >= 15 is 0 Å². The van der Waals surface area contributed by atoms with Crippen LogP contribution in [0.3, 0.4) is 0 Å². The van der Waals surface area contributed by atoms with Crippen molar-refractivity contribution in [2.75, 3.05) is 6.61 Å². The second-order valence-corrected chi connectivity index (χ2v) is 3.42. The van der Waals surface area contributed by atoms with E-state index in [0.717, 1.165) is 25.7 Å². The summed E-state index contributed by atoms with van der Waals surface area (Å²) in [5, 5.41) is 8.54. The molecule has 0 spiro atoms. The number of carbonyl (C=O) groups excluding carboxylic acids is 1. The molecule has 0 aromatic carbocycles. The number of aliphatic hydroxyl groups is 1. The molecule has 2 atom stereocenters. The van der Waals surface area contributed by atoms with Crippen LogP contribution in [0.2, 0.25) is 0 Å². The Labute approximate surface area is 72.7 Å². The van der Waals surface area contributed by atoms with Crippen molar-refractivity contribution in [3.63, 3.8) is 0 Å². The number of unbranched alkanes of at least 4 members (excludes halogenated alkanes) is 1. The van der Waals surface area contributed by atoms with Gasteiger partial charge in [-0.3, -0.25) is 4.79 Å². The van der Waals surface area contributed by atoms with E-state index in [1.54, 1.807) is 0 Å². The summed E-state index contributed by atoms with van der Waals surface area (Å²) in [6.45, 7) is 2.13. The SMILES string of the molecule is C[C@@H]1C[C@@H](CCCCO)OC1=O. The largest absolute Gasteiger partial charge is 0.462 e. The van der Waals surface area contributed by atoms with Gasteiger partial charge in [-0.15, -0.1) is 0 Å². The average molecular weight is 172 g/mol. The molecule has 0 aliphatic carbocycles. The van der Waals surface area contributed by atoms with E-state index in [2.05, 4.69) is 0 Å². The number of esters is 1. The Hall–Kier alpha value is -0.570. The maximum absolute atomic E-state index is 10.9. The number of aliphatic hydroxyl groups excluding tert-OH is 1. The first-order chi connectivity index (χ1) is 5.74. The molecule has 0 amide bonds. The van der Waals surface area contributed by atoms with Crippen molar-refractivity contribution < 1.29 is 14.6 Å². The molecule has 0 aromatic rings. The third-order valence-corrected chi connectivity index (χ3v) is 2.24. The molecule has 0 bridgehead atoms. The van der Waals surface area contributed by atoms with Crippen LogP contribution in [0.5, 0.6) is 0 Å². The molecule has 70 valence electrons. The summed E-state index contributed by atoms with van der Waals surface area (Å²) in [6, 6.07) is 0. The van der Waals surface area contributed by atoms with Crippen LogP contribution >= 0.6 is 0 Å². The third-order valence-electron chi connectivity index (χ3n) is 2.24. The standard InChI is InChI=1S/C9H16O3/c1-7-6-8(12-9(7)11)4-2-3-5-10/h7-8,10H,2-6H2,1H3/t7-,8-/m1/s1. The van der Waals surface area contributed by atoms with Crippen molar-refractivity contribution in [3.8, 4) is 0 Å². The molecule has 3 nitrogen and oxygen atoms in total. The Morgan fingerprint density at radius 3 is 2.83 bits per heavy atom. The minimum absolute atomic E-state index is 0.0657. The van der Waals surface area contributed by atoms with Crippen LogP contribution in [0.1, 0.15) is 32.6 Å². The first-order valence-electron chi connectivity index (χ1n) is 4.55. The van der Waals surface area contributed by atoms with E-state index in [0.29, 0.717) is 0 Å². The quantitative estimate of drug-likeness (QED) is 0.510. The van der Waals surface area contributed by atoms with Gasteiger partial charge in [0.25, 0.3) is 0 Å². The molecule has 0 saturated carbocycles. The highest BCUT2D eigenvalue weighted by Crippen LogP contribution is 2.23. The van der Waals surface area contributed by atoms with Gasteiger partial charge in [-0.05, 0) is 25.7 Å². The fourth-order valence-corrected chi connectivity index (χ4v) is 1.48. The van der Waals surface area contributed by atoms with E-state index < -0.39 is 0 Å². The van der Waals surface area contributed by atoms with Crippen molar-refractivity contribution in [3.05, 3.63) is 0 Å².